The van der Waals surface area contributed by atoms with Crippen molar-refractivity contribution in [1.82, 2.24) is 0 Å². The molecule has 3 atom stereocenters. The summed E-state index contributed by atoms with van der Waals surface area (Å²) in [6.07, 6.45) is -0.167. The third-order valence-electron chi connectivity index (χ3n) is 6.64. The van der Waals surface area contributed by atoms with Gasteiger partial charge in [-0.15, -0.1) is 0 Å². The lowest BCUT2D eigenvalue weighted by molar-refractivity contribution is -0.915. The summed E-state index contributed by atoms with van der Waals surface area (Å²) in [6, 6.07) is 9.45. The van der Waals surface area contributed by atoms with E-state index in [4.69, 9.17) is 9.16 Å². The average molecular weight is 409 g/mol. The fourth-order valence-electron chi connectivity index (χ4n) is 3.95. The summed E-state index contributed by atoms with van der Waals surface area (Å²) < 4.78 is 12.6. The van der Waals surface area contributed by atoms with E-state index in [2.05, 4.69) is 33.9 Å². The van der Waals surface area contributed by atoms with Crippen molar-refractivity contribution in [3.05, 3.63) is 30.3 Å². The van der Waals surface area contributed by atoms with Gasteiger partial charge >= 0.3 is 6.09 Å². The molecule has 1 heterocycles. The molecule has 0 radical (unpaired) electrons. The van der Waals surface area contributed by atoms with Gasteiger partial charge in [0.15, 0.2) is 8.32 Å². The maximum Gasteiger partial charge on any atom is 0.514 e. The molecular formula is C22H38NO4Si+. The van der Waals surface area contributed by atoms with E-state index >= 15 is 0 Å². The number of ether oxygens (including phenoxy) is 1. The Bertz CT molecular complexity index is 678. The summed E-state index contributed by atoms with van der Waals surface area (Å²) in [5.74, 6) is 0.772. The summed E-state index contributed by atoms with van der Waals surface area (Å²) in [5, 5.41) is 10.4. The van der Waals surface area contributed by atoms with Gasteiger partial charge in [0.2, 0.25) is 0 Å². The predicted molar refractivity (Wildman–Crippen MR) is 115 cm³/mol. The van der Waals surface area contributed by atoms with Crippen molar-refractivity contribution < 1.29 is 23.5 Å². The Labute approximate surface area is 171 Å². The fourth-order valence-corrected chi connectivity index (χ4v) is 5.31. The zero-order valence-corrected chi connectivity index (χ0v) is 19.8. The first-order valence-electron chi connectivity index (χ1n) is 10.2. The van der Waals surface area contributed by atoms with Gasteiger partial charge < -0.3 is 14.3 Å². The van der Waals surface area contributed by atoms with Gasteiger partial charge in [0.1, 0.15) is 36.6 Å². The Morgan fingerprint density at radius 3 is 2.18 bits per heavy atom. The summed E-state index contributed by atoms with van der Waals surface area (Å²) in [7, 11) is -1.99. The molecule has 1 aliphatic rings. The molecule has 1 saturated heterocycles. The lowest BCUT2D eigenvalue weighted by Crippen LogP contribution is -2.67. The Morgan fingerprint density at radius 2 is 1.71 bits per heavy atom. The number of carbonyl (C=O) groups is 1. The maximum atomic E-state index is 12.6. The van der Waals surface area contributed by atoms with Gasteiger partial charge in [0.25, 0.3) is 0 Å². The van der Waals surface area contributed by atoms with Gasteiger partial charge in [-0.3, -0.25) is 0 Å². The Hall–Kier alpha value is -1.37. The molecule has 1 aromatic rings. The third kappa shape index (κ3) is 4.44. The van der Waals surface area contributed by atoms with Gasteiger partial charge in [-0.2, -0.15) is 4.79 Å². The number of nitrogens with zero attached hydrogens (tertiary/aromatic N) is 1. The Kier molecular flexibility index (Phi) is 6.39. The van der Waals surface area contributed by atoms with E-state index in [9.17, 15) is 9.90 Å². The number of carboxylic acid groups (broad SMARTS) is 1. The van der Waals surface area contributed by atoms with E-state index in [1.54, 1.807) is 0 Å². The van der Waals surface area contributed by atoms with Crippen LogP contribution in [0.25, 0.3) is 0 Å². The van der Waals surface area contributed by atoms with Crippen LogP contribution in [0.15, 0.2) is 30.3 Å². The van der Waals surface area contributed by atoms with E-state index < -0.39 is 19.9 Å². The van der Waals surface area contributed by atoms with Gasteiger partial charge in [-0.25, -0.2) is 4.48 Å². The molecule has 158 valence electrons. The van der Waals surface area contributed by atoms with Crippen molar-refractivity contribution in [2.24, 2.45) is 0 Å². The number of rotatable bonds is 5. The van der Waals surface area contributed by atoms with E-state index in [0.29, 0.717) is 19.6 Å². The number of hydrogen-bond donors (Lipinski definition) is 1. The molecule has 5 nitrogen and oxygen atoms in total. The smallest absolute Gasteiger partial charge is 0.487 e. The molecule has 2 rings (SSSR count). The predicted octanol–water partition coefficient (Wildman–Crippen LogP) is 5.52. The highest BCUT2D eigenvalue weighted by molar-refractivity contribution is 6.74. The van der Waals surface area contributed by atoms with E-state index in [1.165, 1.54) is 0 Å². The van der Waals surface area contributed by atoms with Gasteiger partial charge in [0, 0.05) is 6.42 Å². The zero-order chi connectivity index (χ0) is 21.4. The van der Waals surface area contributed by atoms with Gasteiger partial charge in [-0.1, -0.05) is 39.0 Å². The highest BCUT2D eigenvalue weighted by Crippen LogP contribution is 2.43. The lowest BCUT2D eigenvalue weighted by atomic mass is 10.00. The van der Waals surface area contributed by atoms with Crippen LogP contribution >= 0.6 is 0 Å². The minimum absolute atomic E-state index is 0.0286. The van der Waals surface area contributed by atoms with Crippen LogP contribution in [0.5, 0.6) is 5.75 Å². The van der Waals surface area contributed by atoms with Crippen LogP contribution in [0.1, 0.15) is 48.0 Å². The molecule has 0 aliphatic carbocycles. The molecule has 1 N–H and O–H groups in total. The number of para-hydroxylation sites is 1. The van der Waals surface area contributed by atoms with Crippen molar-refractivity contribution in [2.75, 3.05) is 13.2 Å². The van der Waals surface area contributed by atoms with Crippen LogP contribution in [0.3, 0.4) is 0 Å². The fraction of sp³-hybridized carbons (Fsp3) is 0.682. The molecule has 1 aromatic carbocycles. The topological polar surface area (TPSA) is 55.8 Å². The molecule has 1 fully saturated rings. The highest BCUT2D eigenvalue weighted by Gasteiger charge is 2.61. The van der Waals surface area contributed by atoms with Crippen LogP contribution in [0.2, 0.25) is 18.1 Å². The van der Waals surface area contributed by atoms with Crippen molar-refractivity contribution in [3.8, 4) is 5.75 Å². The summed E-state index contributed by atoms with van der Waals surface area (Å²) >= 11 is 0. The van der Waals surface area contributed by atoms with Crippen molar-refractivity contribution in [3.63, 3.8) is 0 Å². The van der Waals surface area contributed by atoms with Crippen LogP contribution in [0, 0.1) is 0 Å². The van der Waals surface area contributed by atoms with Crippen LogP contribution in [0.4, 0.5) is 4.79 Å². The van der Waals surface area contributed by atoms with Gasteiger partial charge in [-0.05, 0) is 51.0 Å². The SMILES string of the molecule is CC(C)(C)[N+]1(C(=O)O)C[C@@H](O[Si](C)(C)C(C)(C)C)C[C@@H]1COc1ccccc1. The number of amides is 1. The molecule has 0 saturated carbocycles. The number of quaternary nitrogens is 1. The molecule has 1 amide bonds. The first kappa shape index (κ1) is 22.9. The number of hydrogen-bond acceptors (Lipinski definition) is 3. The standard InChI is InChI=1S/C22H37NO4Si/c1-21(2,3)23(20(24)25)15-19(27-28(7,8)22(4,5)6)14-17(23)16-26-18-12-10-9-11-13-18/h9-13,17,19H,14-16H2,1-8H3/p+1/t17-,19+,23?/m1/s1. The van der Waals surface area contributed by atoms with E-state index in [0.717, 1.165) is 5.75 Å². The second-order valence-electron chi connectivity index (χ2n) is 10.5. The minimum Gasteiger partial charge on any atom is -0.487 e. The largest absolute Gasteiger partial charge is 0.514 e. The van der Waals surface area contributed by atoms with Crippen LogP contribution in [-0.2, 0) is 4.43 Å². The first-order chi connectivity index (χ1) is 12.7. The molecular weight excluding hydrogens is 370 g/mol. The number of benzene rings is 1. The quantitative estimate of drug-likeness (QED) is 0.515. The summed E-state index contributed by atoms with van der Waals surface area (Å²) in [6.45, 7) is 18.0. The minimum atomic E-state index is -1.99. The van der Waals surface area contributed by atoms with Crippen molar-refractivity contribution >= 4 is 14.4 Å². The maximum absolute atomic E-state index is 12.6. The molecule has 1 unspecified atom stereocenters. The Balaban J connectivity index is 2.29. The van der Waals surface area contributed by atoms with Gasteiger partial charge in [0.05, 0.1) is 0 Å². The number of likely N-dealkylation sites (tertiary alicyclic amines) is 1. The second kappa shape index (κ2) is 7.80. The molecule has 0 spiro atoms. The summed E-state index contributed by atoms with van der Waals surface area (Å²) in [5.41, 5.74) is -0.456. The molecule has 0 bridgehead atoms. The Morgan fingerprint density at radius 1 is 1.14 bits per heavy atom. The highest BCUT2D eigenvalue weighted by atomic mass is 28.4. The molecule has 0 aromatic heterocycles. The van der Waals surface area contributed by atoms with Crippen LogP contribution < -0.4 is 4.74 Å². The van der Waals surface area contributed by atoms with Crippen LogP contribution in [-0.4, -0.2) is 54.8 Å². The van der Waals surface area contributed by atoms with Crippen molar-refractivity contribution in [2.45, 2.75) is 83.8 Å². The van der Waals surface area contributed by atoms with Crippen molar-refractivity contribution in [1.29, 1.82) is 0 Å². The normalized spacial score (nSPS) is 26.3. The van der Waals surface area contributed by atoms with E-state index in [1.807, 2.05) is 51.1 Å². The second-order valence-corrected chi connectivity index (χ2v) is 15.3. The molecule has 1 aliphatic heterocycles. The van der Waals surface area contributed by atoms with E-state index in [-0.39, 0.29) is 21.7 Å². The zero-order valence-electron chi connectivity index (χ0n) is 18.8. The first-order valence-corrected chi connectivity index (χ1v) is 13.1. The molecule has 28 heavy (non-hydrogen) atoms. The monoisotopic (exact) mass is 408 g/mol. The third-order valence-corrected chi connectivity index (χ3v) is 11.2. The molecule has 6 heteroatoms. The lowest BCUT2D eigenvalue weighted by Gasteiger charge is -2.44. The average Bonchev–Trinajstić information content (AvgIpc) is 2.91. The summed E-state index contributed by atoms with van der Waals surface area (Å²) in [4.78, 5) is 12.6.